The van der Waals surface area contributed by atoms with Crippen molar-refractivity contribution in [3.05, 3.63) is 176 Å². The summed E-state index contributed by atoms with van der Waals surface area (Å²) in [5.74, 6) is -2.04. The number of hydrogen-bond acceptors (Lipinski definition) is 6. The Bertz CT molecular complexity index is 2730. The number of carbonyl (C=O) groups is 4. The van der Waals surface area contributed by atoms with Crippen molar-refractivity contribution in [3.8, 4) is 44.5 Å². The summed E-state index contributed by atoms with van der Waals surface area (Å²) in [6.45, 7) is 0. The van der Waals surface area contributed by atoms with E-state index in [0.717, 1.165) is 32.1 Å². The number of nitrogens with two attached hydrogens (primary N) is 2. The van der Waals surface area contributed by atoms with E-state index >= 15 is 0 Å². The largest absolute Gasteiger partial charge is 0.399 e. The number of carbonyl (C=O) groups excluding carboxylic acids is 4. The molecule has 2 heterocycles. The first-order valence-corrected chi connectivity index (χ1v) is 19.3. The van der Waals surface area contributed by atoms with Gasteiger partial charge in [-0.2, -0.15) is 0 Å². The summed E-state index contributed by atoms with van der Waals surface area (Å²) in [7, 11) is 0. The van der Waals surface area contributed by atoms with E-state index in [-0.39, 0.29) is 53.7 Å². The van der Waals surface area contributed by atoms with Gasteiger partial charge < -0.3 is 11.5 Å². The number of halogens is 4. The van der Waals surface area contributed by atoms with Gasteiger partial charge in [0.15, 0.2) is 0 Å². The van der Waals surface area contributed by atoms with E-state index in [4.69, 9.17) is 57.9 Å². The maximum atomic E-state index is 13.7. The van der Waals surface area contributed by atoms with Crippen molar-refractivity contribution in [1.82, 2.24) is 0 Å². The van der Waals surface area contributed by atoms with Crippen LogP contribution < -0.4 is 21.3 Å². The van der Waals surface area contributed by atoms with Crippen LogP contribution >= 0.6 is 46.4 Å². The Balaban J connectivity index is 0.960. The van der Waals surface area contributed by atoms with E-state index in [1.54, 1.807) is 84.9 Å². The zero-order valence-corrected chi connectivity index (χ0v) is 32.9. The Morgan fingerprint density at radius 1 is 0.310 bits per heavy atom. The minimum absolute atomic E-state index is 0.0385. The number of imide groups is 2. The monoisotopic (exact) mass is 838 g/mol. The number of anilines is 4. The second kappa shape index (κ2) is 14.2. The molecule has 58 heavy (non-hydrogen) atoms. The summed E-state index contributed by atoms with van der Waals surface area (Å²) >= 11 is 27.2. The number of hydrogen-bond donors (Lipinski definition) is 2. The van der Waals surface area contributed by atoms with Crippen LogP contribution in [0.2, 0.25) is 20.1 Å². The summed E-state index contributed by atoms with van der Waals surface area (Å²) < 4.78 is 0. The molecule has 0 bridgehead atoms. The van der Waals surface area contributed by atoms with Gasteiger partial charge in [0, 0.05) is 22.5 Å². The standard InChI is InChI=1S/C46H26Cl4N4O4/c47-39-31(17-19-37(41(39)49)53-43(55)33-15-9-27(21-35(33)45(53)57)23-5-11-29(51)12-6-23)25-1-2-26(4-3-25)32-18-20-38(42(50)40(32)48)54-44(56)34-16-10-28(22-36(34)46(54)58)24-7-13-30(52)14-8-24/h1-22H,51-52H2. The molecule has 9 rings (SSSR count). The minimum Gasteiger partial charge on any atom is -0.399 e. The van der Waals surface area contributed by atoms with Crippen LogP contribution in [-0.2, 0) is 0 Å². The third kappa shape index (κ3) is 6.01. The fraction of sp³-hybridized carbons (Fsp3) is 0. The minimum atomic E-state index is -0.513. The molecule has 7 aromatic rings. The quantitative estimate of drug-likeness (QED) is 0.127. The van der Waals surface area contributed by atoms with Gasteiger partial charge in [0.05, 0.1) is 53.7 Å². The summed E-state index contributed by atoms with van der Waals surface area (Å²) in [6.07, 6.45) is 0. The fourth-order valence-corrected chi connectivity index (χ4v) is 8.37. The summed E-state index contributed by atoms with van der Waals surface area (Å²) in [6, 6.07) is 38.5. The van der Waals surface area contributed by atoms with Gasteiger partial charge in [0.25, 0.3) is 23.6 Å². The zero-order chi connectivity index (χ0) is 40.6. The maximum absolute atomic E-state index is 13.7. The van der Waals surface area contributed by atoms with Crippen molar-refractivity contribution in [3.63, 3.8) is 0 Å². The molecule has 0 radical (unpaired) electrons. The Labute approximate surface area is 351 Å². The Morgan fingerprint density at radius 3 is 0.966 bits per heavy atom. The lowest BCUT2D eigenvalue weighted by Crippen LogP contribution is -2.29. The van der Waals surface area contributed by atoms with Crippen LogP contribution in [-0.4, -0.2) is 23.6 Å². The van der Waals surface area contributed by atoms with Crippen molar-refractivity contribution < 1.29 is 19.2 Å². The molecule has 0 spiro atoms. The number of nitrogen functional groups attached to an aromatic ring is 2. The summed E-state index contributed by atoms with van der Waals surface area (Å²) in [5.41, 5.74) is 20.0. The molecule has 0 saturated carbocycles. The summed E-state index contributed by atoms with van der Waals surface area (Å²) in [4.78, 5) is 56.4. The van der Waals surface area contributed by atoms with Gasteiger partial charge in [-0.1, -0.05) is 119 Å². The summed E-state index contributed by atoms with van der Waals surface area (Å²) in [5, 5.41) is 0.379. The van der Waals surface area contributed by atoms with E-state index in [0.29, 0.717) is 33.6 Å². The second-order valence-corrected chi connectivity index (χ2v) is 15.3. The highest BCUT2D eigenvalue weighted by Gasteiger charge is 2.40. The van der Waals surface area contributed by atoms with E-state index in [1.807, 2.05) is 48.5 Å². The smallest absolute Gasteiger partial charge is 0.266 e. The topological polar surface area (TPSA) is 127 Å². The molecular formula is C46H26Cl4N4O4. The third-order valence-electron chi connectivity index (χ3n) is 10.4. The van der Waals surface area contributed by atoms with Crippen LogP contribution in [0, 0.1) is 0 Å². The number of rotatable bonds is 6. The lowest BCUT2D eigenvalue weighted by atomic mass is 9.99. The molecule has 0 aliphatic carbocycles. The van der Waals surface area contributed by atoms with Crippen molar-refractivity contribution in [2.24, 2.45) is 0 Å². The first-order chi connectivity index (χ1) is 27.9. The molecule has 0 atom stereocenters. The van der Waals surface area contributed by atoms with Gasteiger partial charge in [-0.15, -0.1) is 0 Å². The predicted octanol–water partition coefficient (Wildman–Crippen LogP) is 11.7. The van der Waals surface area contributed by atoms with E-state index < -0.39 is 23.6 Å². The molecule has 0 saturated heterocycles. The second-order valence-electron chi connectivity index (χ2n) is 13.8. The lowest BCUT2D eigenvalue weighted by molar-refractivity contribution is 0.0910. The Kier molecular flexibility index (Phi) is 9.10. The molecule has 0 unspecified atom stereocenters. The fourth-order valence-electron chi connectivity index (χ4n) is 7.33. The zero-order valence-electron chi connectivity index (χ0n) is 29.9. The highest BCUT2D eigenvalue weighted by atomic mass is 35.5. The number of fused-ring (bicyclic) bond motifs is 2. The predicted molar refractivity (Wildman–Crippen MR) is 232 cm³/mol. The number of benzene rings is 7. The van der Waals surface area contributed by atoms with E-state index in [1.165, 1.54) is 0 Å². The normalized spacial score (nSPS) is 13.4. The molecule has 0 fully saturated rings. The average molecular weight is 841 g/mol. The molecule has 0 aromatic heterocycles. The van der Waals surface area contributed by atoms with Crippen LogP contribution in [0.25, 0.3) is 44.5 Å². The van der Waals surface area contributed by atoms with Crippen molar-refractivity contribution in [2.45, 2.75) is 0 Å². The number of amides is 4. The highest BCUT2D eigenvalue weighted by molar-refractivity contribution is 6.48. The molecule has 4 N–H and O–H groups in total. The van der Waals surface area contributed by atoms with E-state index in [2.05, 4.69) is 0 Å². The van der Waals surface area contributed by atoms with Crippen molar-refractivity contribution in [2.75, 3.05) is 21.3 Å². The molecule has 2 aliphatic rings. The van der Waals surface area contributed by atoms with Gasteiger partial charge in [-0.3, -0.25) is 19.2 Å². The van der Waals surface area contributed by atoms with Gasteiger partial charge in [-0.05, 0) is 94.0 Å². The van der Waals surface area contributed by atoms with Crippen LogP contribution in [0.15, 0.2) is 133 Å². The Morgan fingerprint density at radius 2 is 0.603 bits per heavy atom. The van der Waals surface area contributed by atoms with Crippen molar-refractivity contribution in [1.29, 1.82) is 0 Å². The van der Waals surface area contributed by atoms with Gasteiger partial charge in [0.2, 0.25) is 0 Å². The maximum Gasteiger partial charge on any atom is 0.266 e. The van der Waals surface area contributed by atoms with Crippen molar-refractivity contribution >= 4 is 92.8 Å². The van der Waals surface area contributed by atoms with Crippen LogP contribution in [0.1, 0.15) is 41.4 Å². The number of nitrogens with zero attached hydrogens (tertiary/aromatic N) is 2. The molecule has 4 amide bonds. The molecule has 8 nitrogen and oxygen atoms in total. The van der Waals surface area contributed by atoms with E-state index in [9.17, 15) is 19.2 Å². The SMILES string of the molecule is Nc1ccc(-c2ccc3c(c2)C(=O)N(c2ccc(-c4ccc(-c5ccc(N6C(=O)c7ccc(-c8ccc(N)cc8)cc7C6=O)c(Cl)c5Cl)cc4)c(Cl)c2Cl)C3=O)cc1. The van der Waals surface area contributed by atoms with Crippen LogP contribution in [0.4, 0.5) is 22.7 Å². The molecule has 7 aromatic carbocycles. The third-order valence-corrected chi connectivity index (χ3v) is 12.1. The lowest BCUT2D eigenvalue weighted by Gasteiger charge is -2.19. The van der Waals surface area contributed by atoms with Crippen LogP contribution in [0.3, 0.4) is 0 Å². The first-order valence-electron chi connectivity index (χ1n) is 17.8. The molecule has 2 aliphatic heterocycles. The molecule has 12 heteroatoms. The molecule has 282 valence electrons. The Hall–Kier alpha value is -6.42. The molecular weight excluding hydrogens is 814 g/mol. The first kappa shape index (κ1) is 37.2. The van der Waals surface area contributed by atoms with Gasteiger partial charge >= 0.3 is 0 Å². The average Bonchev–Trinajstić information content (AvgIpc) is 3.63. The van der Waals surface area contributed by atoms with Gasteiger partial charge in [0.1, 0.15) is 0 Å². The van der Waals surface area contributed by atoms with Crippen LogP contribution in [0.5, 0.6) is 0 Å². The van der Waals surface area contributed by atoms with Gasteiger partial charge in [-0.25, -0.2) is 9.80 Å². The highest BCUT2D eigenvalue weighted by Crippen LogP contribution is 2.45.